The maximum atomic E-state index is 13.1. The fourth-order valence-electron chi connectivity index (χ4n) is 5.21. The van der Waals surface area contributed by atoms with Crippen LogP contribution in [0.2, 0.25) is 0 Å². The van der Waals surface area contributed by atoms with Gasteiger partial charge in [-0.1, -0.05) is 20.8 Å². The van der Waals surface area contributed by atoms with E-state index in [0.717, 1.165) is 18.0 Å². The Morgan fingerprint density at radius 3 is 1.31 bits per heavy atom. The van der Waals surface area contributed by atoms with Gasteiger partial charge in [0, 0.05) is 84.0 Å². The third-order valence-corrected chi connectivity index (χ3v) is 7.09. The second-order valence-electron chi connectivity index (χ2n) is 15.3. The number of Topliss-reactive ketones (excluding diaryl/α,β-unsaturated/α-hetero) is 1. The third kappa shape index (κ3) is 16.5. The van der Waals surface area contributed by atoms with Crippen molar-refractivity contribution in [3.8, 4) is 0 Å². The lowest BCUT2D eigenvalue weighted by Gasteiger charge is -2.36. The number of carbonyl (C=O) groups excluding carboxylic acids is 5. The van der Waals surface area contributed by atoms with Crippen LogP contribution in [0.1, 0.15) is 68.7 Å². The van der Waals surface area contributed by atoms with Gasteiger partial charge >= 0.3 is 11.9 Å². The minimum Gasteiger partial charge on any atom is -0.459 e. The van der Waals surface area contributed by atoms with E-state index in [0.29, 0.717) is 45.8 Å². The molecule has 1 saturated heterocycles. The highest BCUT2D eigenvalue weighted by Gasteiger charge is 2.27. The Morgan fingerprint density at radius 1 is 0.600 bits per heavy atom. The number of nitrogens with zero attached hydrogens (tertiary/aromatic N) is 5. The Hall–Kier alpha value is -2.67. The van der Waals surface area contributed by atoms with Gasteiger partial charge in [-0.25, -0.2) is 0 Å². The molecule has 256 valence electrons. The molecule has 1 fully saturated rings. The molecule has 12 heteroatoms. The lowest BCUT2D eigenvalue weighted by molar-refractivity contribution is -0.158. The van der Waals surface area contributed by atoms with E-state index in [-0.39, 0.29) is 55.7 Å². The smallest absolute Gasteiger partial charge is 0.320 e. The first-order valence-corrected chi connectivity index (χ1v) is 16.1. The molecule has 2 aliphatic heterocycles. The quantitative estimate of drug-likeness (QED) is 0.258. The molecule has 0 aliphatic carbocycles. The van der Waals surface area contributed by atoms with Gasteiger partial charge in [0.05, 0.1) is 19.6 Å². The van der Waals surface area contributed by atoms with E-state index >= 15 is 0 Å². The zero-order valence-electron chi connectivity index (χ0n) is 29.1. The number of rotatable bonds is 10. The van der Waals surface area contributed by atoms with Gasteiger partial charge in [0.25, 0.3) is 11.8 Å². The van der Waals surface area contributed by atoms with Crippen LogP contribution >= 0.6 is 0 Å². The number of amides is 2. The van der Waals surface area contributed by atoms with Crippen LogP contribution in [0, 0.1) is 5.41 Å². The number of imide groups is 1. The van der Waals surface area contributed by atoms with Gasteiger partial charge in [-0.05, 0) is 47.0 Å². The van der Waals surface area contributed by atoms with E-state index in [9.17, 15) is 24.0 Å². The fraction of sp³-hybridized carbons (Fsp3) is 0.788. The minimum absolute atomic E-state index is 0.0424. The highest BCUT2D eigenvalue weighted by Crippen LogP contribution is 2.16. The van der Waals surface area contributed by atoms with Gasteiger partial charge in [0.15, 0.2) is 0 Å². The molecule has 0 radical (unpaired) electrons. The van der Waals surface area contributed by atoms with Gasteiger partial charge < -0.3 is 14.4 Å². The van der Waals surface area contributed by atoms with E-state index in [1.54, 1.807) is 0 Å². The summed E-state index contributed by atoms with van der Waals surface area (Å²) in [6.45, 7) is 23.8. The highest BCUT2D eigenvalue weighted by molar-refractivity contribution is 6.13. The highest BCUT2D eigenvalue weighted by atomic mass is 16.6. The standard InChI is InChI=1S/C33H57N5O7/c1-31(2,3)25-37-20-18-34(22-26(39)12-13-38-27(40)10-11-28(38)41)14-15-35(23-29(42)44-32(4,5)6)16-17-36(19-21-37)24-30(43)45-33(7,8)9/h10-11H,12-25H2,1-9H3. The SMILES string of the molecule is CC(C)(C)CN1CCN(CC(=O)CCN2C(=O)C=CC2=O)CCN(CC(=O)OC(C)(C)C)CCN(CC(=O)OC(C)(C)C)CC1. The van der Waals surface area contributed by atoms with Crippen LogP contribution in [0.3, 0.4) is 0 Å². The van der Waals surface area contributed by atoms with E-state index in [1.165, 1.54) is 12.2 Å². The maximum Gasteiger partial charge on any atom is 0.320 e. The molecule has 0 bridgehead atoms. The Balaban J connectivity index is 2.20. The van der Waals surface area contributed by atoms with Crippen LogP contribution in [0.4, 0.5) is 0 Å². The van der Waals surface area contributed by atoms with Crippen LogP contribution in [-0.4, -0.2) is 150 Å². The molecule has 0 unspecified atom stereocenters. The summed E-state index contributed by atoms with van der Waals surface area (Å²) in [4.78, 5) is 72.2. The lowest BCUT2D eigenvalue weighted by atomic mass is 9.96. The predicted octanol–water partition coefficient (Wildman–Crippen LogP) is 1.82. The van der Waals surface area contributed by atoms with E-state index in [4.69, 9.17) is 9.47 Å². The summed E-state index contributed by atoms with van der Waals surface area (Å²) in [6, 6.07) is 0. The van der Waals surface area contributed by atoms with Crippen molar-refractivity contribution in [2.45, 2.75) is 79.9 Å². The van der Waals surface area contributed by atoms with Crippen LogP contribution < -0.4 is 0 Å². The lowest BCUT2D eigenvalue weighted by Crippen LogP contribution is -2.50. The molecule has 0 atom stereocenters. The molecule has 12 nitrogen and oxygen atoms in total. The van der Waals surface area contributed by atoms with Crippen molar-refractivity contribution < 1.29 is 33.4 Å². The Kier molecular flexibility index (Phi) is 14.3. The molecular weight excluding hydrogens is 578 g/mol. The second kappa shape index (κ2) is 16.8. The molecule has 2 rings (SSSR count). The Labute approximate surface area is 270 Å². The van der Waals surface area contributed by atoms with Crippen LogP contribution in [0.15, 0.2) is 12.2 Å². The van der Waals surface area contributed by atoms with Crippen molar-refractivity contribution in [3.05, 3.63) is 12.2 Å². The number of hydrogen-bond donors (Lipinski definition) is 0. The average molecular weight is 636 g/mol. The average Bonchev–Trinajstić information content (AvgIpc) is 3.17. The molecule has 2 heterocycles. The van der Waals surface area contributed by atoms with Crippen LogP contribution in [0.25, 0.3) is 0 Å². The van der Waals surface area contributed by atoms with Gasteiger partial charge in [-0.2, -0.15) is 0 Å². The van der Waals surface area contributed by atoms with Crippen LogP contribution in [-0.2, 0) is 33.4 Å². The van der Waals surface area contributed by atoms with Crippen LogP contribution in [0.5, 0.6) is 0 Å². The number of ketones is 1. The number of carbonyl (C=O) groups is 5. The number of ether oxygens (including phenoxy) is 2. The van der Waals surface area contributed by atoms with Crippen molar-refractivity contribution in [1.82, 2.24) is 24.5 Å². The van der Waals surface area contributed by atoms with E-state index < -0.39 is 23.0 Å². The maximum absolute atomic E-state index is 13.1. The molecule has 0 aromatic rings. The summed E-state index contributed by atoms with van der Waals surface area (Å²) in [5.41, 5.74) is -1.16. The molecule has 0 aromatic carbocycles. The van der Waals surface area contributed by atoms with E-state index in [1.807, 2.05) is 46.4 Å². The zero-order valence-corrected chi connectivity index (χ0v) is 29.1. The van der Waals surface area contributed by atoms with Gasteiger partial charge in [0.1, 0.15) is 17.0 Å². The molecule has 0 N–H and O–H groups in total. The first-order valence-electron chi connectivity index (χ1n) is 16.1. The van der Waals surface area contributed by atoms with Crippen molar-refractivity contribution in [3.63, 3.8) is 0 Å². The second-order valence-corrected chi connectivity index (χ2v) is 15.3. The molecule has 0 saturated carbocycles. The largest absolute Gasteiger partial charge is 0.459 e. The van der Waals surface area contributed by atoms with Crippen molar-refractivity contribution in [1.29, 1.82) is 0 Å². The predicted molar refractivity (Wildman–Crippen MR) is 172 cm³/mol. The monoisotopic (exact) mass is 635 g/mol. The summed E-state index contributed by atoms with van der Waals surface area (Å²) in [5, 5.41) is 0. The normalized spacial score (nSPS) is 19.4. The summed E-state index contributed by atoms with van der Waals surface area (Å²) < 4.78 is 11.2. The first-order chi connectivity index (χ1) is 20.7. The Bertz CT molecular complexity index is 1050. The zero-order chi connectivity index (χ0) is 34.0. The molecule has 2 aliphatic rings. The molecule has 2 amide bonds. The topological polar surface area (TPSA) is 120 Å². The first kappa shape index (κ1) is 38.5. The van der Waals surface area contributed by atoms with Crippen molar-refractivity contribution in [2.75, 3.05) is 85.1 Å². The molecule has 45 heavy (non-hydrogen) atoms. The summed E-state index contributed by atoms with van der Waals surface area (Å²) >= 11 is 0. The third-order valence-electron chi connectivity index (χ3n) is 7.09. The molecule has 0 spiro atoms. The van der Waals surface area contributed by atoms with Gasteiger partial charge in [-0.3, -0.25) is 43.6 Å². The number of hydrogen-bond acceptors (Lipinski definition) is 11. The number of esters is 2. The van der Waals surface area contributed by atoms with Gasteiger partial charge in [0.2, 0.25) is 0 Å². The molecule has 0 aromatic heterocycles. The summed E-state index contributed by atoms with van der Waals surface area (Å²) in [7, 11) is 0. The summed E-state index contributed by atoms with van der Waals surface area (Å²) in [6.07, 6.45) is 2.53. The van der Waals surface area contributed by atoms with E-state index in [2.05, 4.69) is 35.5 Å². The molecular formula is C33H57N5O7. The fourth-order valence-corrected chi connectivity index (χ4v) is 5.21. The van der Waals surface area contributed by atoms with Crippen molar-refractivity contribution >= 4 is 29.5 Å². The summed E-state index contributed by atoms with van der Waals surface area (Å²) in [5.74, 6) is -1.46. The minimum atomic E-state index is -0.616. The Morgan fingerprint density at radius 2 is 0.956 bits per heavy atom. The van der Waals surface area contributed by atoms with Crippen molar-refractivity contribution in [2.24, 2.45) is 5.41 Å². The van der Waals surface area contributed by atoms with Gasteiger partial charge in [-0.15, -0.1) is 0 Å².